The van der Waals surface area contributed by atoms with Gasteiger partial charge in [0.15, 0.2) is 0 Å². The molecule has 0 saturated carbocycles. The highest BCUT2D eigenvalue weighted by atomic mass is 16.3. The van der Waals surface area contributed by atoms with Crippen molar-refractivity contribution in [1.29, 1.82) is 0 Å². The van der Waals surface area contributed by atoms with Gasteiger partial charge in [-0.25, -0.2) is 9.97 Å². The first-order valence-electron chi connectivity index (χ1n) is 12.9. The van der Waals surface area contributed by atoms with Crippen molar-refractivity contribution in [2.24, 2.45) is 0 Å². The second-order valence-corrected chi connectivity index (χ2v) is 9.93. The summed E-state index contributed by atoms with van der Waals surface area (Å²) in [6.45, 7) is 4.96. The summed E-state index contributed by atoms with van der Waals surface area (Å²) in [7, 11) is 0. The van der Waals surface area contributed by atoms with E-state index in [0.29, 0.717) is 0 Å². The van der Waals surface area contributed by atoms with E-state index in [4.69, 9.17) is 0 Å². The van der Waals surface area contributed by atoms with Crippen molar-refractivity contribution >= 4 is 23.0 Å². The molecular weight excluding hydrogens is 436 g/mol. The van der Waals surface area contributed by atoms with E-state index in [1.54, 1.807) is 6.33 Å². The molecule has 2 unspecified atom stereocenters. The zero-order valence-electron chi connectivity index (χ0n) is 20.2. The Balaban J connectivity index is 1.20. The van der Waals surface area contributed by atoms with E-state index in [9.17, 15) is 5.11 Å². The largest absolute Gasteiger partial charge is 0.390 e. The molecule has 0 bridgehead atoms. The number of anilines is 4. The van der Waals surface area contributed by atoms with Crippen LogP contribution in [0, 0.1) is 0 Å². The van der Waals surface area contributed by atoms with E-state index in [1.807, 2.05) is 6.07 Å². The lowest BCUT2D eigenvalue weighted by molar-refractivity contribution is 0.0191. The Bertz CT molecular complexity index is 1150. The third kappa shape index (κ3) is 4.70. The number of hydrogen-bond donors (Lipinski definition) is 2. The lowest BCUT2D eigenvalue weighted by Crippen LogP contribution is -2.59. The molecule has 182 valence electrons. The van der Waals surface area contributed by atoms with Gasteiger partial charge in [0.2, 0.25) is 0 Å². The van der Waals surface area contributed by atoms with Crippen LogP contribution in [0.1, 0.15) is 36.8 Å². The van der Waals surface area contributed by atoms with E-state index in [2.05, 4.69) is 78.5 Å². The molecule has 3 aliphatic rings. The van der Waals surface area contributed by atoms with Crippen molar-refractivity contribution in [3.05, 3.63) is 72.1 Å². The molecule has 7 nitrogen and oxygen atoms in total. The minimum Gasteiger partial charge on any atom is -0.390 e. The predicted octanol–water partition coefficient (Wildman–Crippen LogP) is 4.17. The van der Waals surface area contributed by atoms with E-state index in [-0.39, 0.29) is 6.17 Å². The standard InChI is InChI=1S/C28H34N6O/c35-25-8-5-16-34(28(25)33-17-13-21-6-1-2-7-22(21)19-33)27-18-26(29-20-30-27)31-23-9-11-24(12-10-23)32-14-3-4-15-32/h1-2,6-7,9-12,18,20,25,28,35H,3-5,8,13-17,19H2,(H,29,30,31). The number of hydrogen-bond acceptors (Lipinski definition) is 7. The lowest BCUT2D eigenvalue weighted by Gasteiger charge is -2.47. The Morgan fingerprint density at radius 3 is 2.49 bits per heavy atom. The first kappa shape index (κ1) is 22.3. The first-order valence-corrected chi connectivity index (χ1v) is 12.9. The maximum atomic E-state index is 11.1. The van der Waals surface area contributed by atoms with Gasteiger partial charge in [-0.05, 0) is 67.5 Å². The number of piperidine rings is 1. The Labute approximate surface area is 207 Å². The van der Waals surface area contributed by atoms with Crippen molar-refractivity contribution in [2.75, 3.05) is 41.3 Å². The smallest absolute Gasteiger partial charge is 0.135 e. The average Bonchev–Trinajstić information content (AvgIpc) is 3.44. The summed E-state index contributed by atoms with van der Waals surface area (Å²) in [5, 5.41) is 14.5. The van der Waals surface area contributed by atoms with Crippen LogP contribution in [-0.4, -0.2) is 58.4 Å². The second kappa shape index (κ2) is 9.84. The lowest BCUT2D eigenvalue weighted by atomic mass is 9.96. The van der Waals surface area contributed by atoms with Gasteiger partial charge >= 0.3 is 0 Å². The predicted molar refractivity (Wildman–Crippen MR) is 140 cm³/mol. The summed E-state index contributed by atoms with van der Waals surface area (Å²) in [5.74, 6) is 1.63. The van der Waals surface area contributed by atoms with Crippen molar-refractivity contribution in [2.45, 2.75) is 50.9 Å². The molecule has 2 aromatic carbocycles. The summed E-state index contributed by atoms with van der Waals surface area (Å²) >= 11 is 0. The Morgan fingerprint density at radius 2 is 1.66 bits per heavy atom. The highest BCUT2D eigenvalue weighted by Gasteiger charge is 2.37. The molecule has 0 spiro atoms. The van der Waals surface area contributed by atoms with Crippen LogP contribution in [0.5, 0.6) is 0 Å². The minimum atomic E-state index is -0.404. The first-order chi connectivity index (χ1) is 17.2. The van der Waals surface area contributed by atoms with Gasteiger partial charge < -0.3 is 20.2 Å². The molecule has 0 aliphatic carbocycles. The Kier molecular flexibility index (Phi) is 6.27. The van der Waals surface area contributed by atoms with Crippen LogP contribution in [-0.2, 0) is 13.0 Å². The van der Waals surface area contributed by atoms with Crippen molar-refractivity contribution < 1.29 is 5.11 Å². The zero-order valence-corrected chi connectivity index (χ0v) is 20.2. The summed E-state index contributed by atoms with van der Waals surface area (Å²) in [5.41, 5.74) is 5.08. The van der Waals surface area contributed by atoms with E-state index >= 15 is 0 Å². The number of aromatic nitrogens is 2. The molecule has 2 saturated heterocycles. The molecule has 6 rings (SSSR count). The molecule has 35 heavy (non-hydrogen) atoms. The SMILES string of the molecule is OC1CCCN(c2cc(Nc3ccc(N4CCCC4)cc3)ncn2)C1N1CCc2ccccc2C1. The van der Waals surface area contributed by atoms with Crippen LogP contribution in [0.25, 0.3) is 0 Å². The maximum absolute atomic E-state index is 11.1. The number of fused-ring (bicyclic) bond motifs is 1. The second-order valence-electron chi connectivity index (χ2n) is 9.93. The molecule has 2 fully saturated rings. The molecule has 0 radical (unpaired) electrons. The van der Waals surface area contributed by atoms with E-state index in [1.165, 1.54) is 29.7 Å². The normalized spacial score (nSPS) is 22.8. The van der Waals surface area contributed by atoms with E-state index < -0.39 is 6.10 Å². The molecule has 1 aromatic heterocycles. The number of rotatable bonds is 5. The van der Waals surface area contributed by atoms with Gasteiger partial charge in [0.1, 0.15) is 24.1 Å². The number of nitrogens with one attached hydrogen (secondary N) is 1. The van der Waals surface area contributed by atoms with Gasteiger partial charge in [-0.15, -0.1) is 0 Å². The molecule has 0 amide bonds. The number of nitrogens with zero attached hydrogens (tertiary/aromatic N) is 5. The maximum Gasteiger partial charge on any atom is 0.135 e. The molecule has 4 heterocycles. The molecular formula is C28H34N6O. The molecule has 3 aliphatic heterocycles. The fraction of sp³-hybridized carbons (Fsp3) is 0.429. The van der Waals surface area contributed by atoms with Gasteiger partial charge in [0, 0.05) is 50.2 Å². The zero-order chi connectivity index (χ0) is 23.6. The van der Waals surface area contributed by atoms with Gasteiger partial charge in [-0.1, -0.05) is 24.3 Å². The summed E-state index contributed by atoms with van der Waals surface area (Å²) in [6.07, 6.45) is 6.47. The molecule has 7 heteroatoms. The van der Waals surface area contributed by atoms with Gasteiger partial charge in [-0.2, -0.15) is 0 Å². The monoisotopic (exact) mass is 470 g/mol. The summed E-state index contributed by atoms with van der Waals surface area (Å²) in [6, 6.07) is 19.3. The summed E-state index contributed by atoms with van der Waals surface area (Å²) in [4.78, 5) is 16.2. The van der Waals surface area contributed by atoms with Crippen molar-refractivity contribution in [3.63, 3.8) is 0 Å². The topological polar surface area (TPSA) is 67.8 Å². The third-order valence-electron chi connectivity index (χ3n) is 7.65. The minimum absolute atomic E-state index is 0.0837. The molecule has 2 N–H and O–H groups in total. The van der Waals surface area contributed by atoms with Crippen LogP contribution >= 0.6 is 0 Å². The Hall–Kier alpha value is -3.16. The molecule has 2 atom stereocenters. The third-order valence-corrected chi connectivity index (χ3v) is 7.65. The van der Waals surface area contributed by atoms with Crippen LogP contribution in [0.3, 0.4) is 0 Å². The quantitative estimate of drug-likeness (QED) is 0.580. The summed E-state index contributed by atoms with van der Waals surface area (Å²) < 4.78 is 0. The number of aliphatic hydroxyl groups excluding tert-OH is 1. The average molecular weight is 471 g/mol. The number of benzene rings is 2. The highest BCUT2D eigenvalue weighted by Crippen LogP contribution is 2.31. The van der Waals surface area contributed by atoms with Crippen LogP contribution in [0.15, 0.2) is 60.9 Å². The molecule has 3 aromatic rings. The van der Waals surface area contributed by atoms with Gasteiger partial charge in [-0.3, -0.25) is 4.90 Å². The fourth-order valence-electron chi connectivity index (χ4n) is 5.84. The Morgan fingerprint density at radius 1 is 0.857 bits per heavy atom. The van der Waals surface area contributed by atoms with Gasteiger partial charge in [0.05, 0.1) is 6.10 Å². The van der Waals surface area contributed by atoms with Crippen LogP contribution in [0.2, 0.25) is 0 Å². The van der Waals surface area contributed by atoms with Crippen LogP contribution in [0.4, 0.5) is 23.0 Å². The van der Waals surface area contributed by atoms with Crippen LogP contribution < -0.4 is 15.1 Å². The van der Waals surface area contributed by atoms with E-state index in [0.717, 1.165) is 69.3 Å². The van der Waals surface area contributed by atoms with Crippen molar-refractivity contribution in [1.82, 2.24) is 14.9 Å². The van der Waals surface area contributed by atoms with Gasteiger partial charge in [0.25, 0.3) is 0 Å². The number of aliphatic hydroxyl groups is 1. The van der Waals surface area contributed by atoms with Crippen molar-refractivity contribution in [3.8, 4) is 0 Å². The highest BCUT2D eigenvalue weighted by molar-refractivity contribution is 5.63. The fourth-order valence-corrected chi connectivity index (χ4v) is 5.84.